The van der Waals surface area contributed by atoms with Crippen LogP contribution in [0.25, 0.3) is 0 Å². The molecule has 0 aliphatic rings. The van der Waals surface area contributed by atoms with Gasteiger partial charge in [0.2, 0.25) is 10.0 Å². The SMILES string of the molecule is Cc1ccc([N+](=O)[O-])cc1S(=O)(=O)N(C)C(C)C#N. The molecule has 0 saturated carbocycles. The largest absolute Gasteiger partial charge is 0.270 e. The molecule has 0 radical (unpaired) electrons. The van der Waals surface area contributed by atoms with E-state index in [1.54, 1.807) is 6.92 Å². The average molecular weight is 283 g/mol. The third kappa shape index (κ3) is 2.89. The second-order valence-corrected chi connectivity index (χ2v) is 6.00. The van der Waals surface area contributed by atoms with Crippen molar-refractivity contribution in [3.05, 3.63) is 33.9 Å². The van der Waals surface area contributed by atoms with Gasteiger partial charge < -0.3 is 0 Å². The molecule has 0 bridgehead atoms. The summed E-state index contributed by atoms with van der Waals surface area (Å²) in [6, 6.07) is 4.57. The van der Waals surface area contributed by atoms with E-state index in [4.69, 9.17) is 5.26 Å². The Labute approximate surface area is 111 Å². The maximum Gasteiger partial charge on any atom is 0.270 e. The quantitative estimate of drug-likeness (QED) is 0.614. The average Bonchev–Trinajstić information content (AvgIpc) is 2.36. The summed E-state index contributed by atoms with van der Waals surface area (Å²) in [5, 5.41) is 19.5. The van der Waals surface area contributed by atoms with Gasteiger partial charge in [-0.05, 0) is 19.4 Å². The van der Waals surface area contributed by atoms with Crippen LogP contribution in [-0.2, 0) is 10.0 Å². The second-order valence-electron chi connectivity index (χ2n) is 4.03. The predicted octanol–water partition coefficient (Wildman–Crippen LogP) is 1.44. The molecule has 7 nitrogen and oxygen atoms in total. The zero-order valence-electron chi connectivity index (χ0n) is 10.7. The molecule has 1 atom stereocenters. The molecule has 0 aliphatic heterocycles. The number of hydrogen-bond donors (Lipinski definition) is 0. The third-order valence-corrected chi connectivity index (χ3v) is 4.84. The van der Waals surface area contributed by atoms with Crippen LogP contribution in [0.4, 0.5) is 5.69 Å². The minimum absolute atomic E-state index is 0.161. The lowest BCUT2D eigenvalue weighted by molar-refractivity contribution is -0.385. The molecule has 1 rings (SSSR count). The number of nitro benzene ring substituents is 1. The zero-order chi connectivity index (χ0) is 14.8. The van der Waals surface area contributed by atoms with Gasteiger partial charge in [0.1, 0.15) is 6.04 Å². The van der Waals surface area contributed by atoms with Crippen molar-refractivity contribution >= 4 is 15.7 Å². The molecular formula is C11H13N3O4S. The van der Waals surface area contributed by atoms with E-state index in [1.165, 1.54) is 26.1 Å². The summed E-state index contributed by atoms with van der Waals surface area (Å²) in [6.07, 6.45) is 0. The van der Waals surface area contributed by atoms with Crippen LogP contribution in [0, 0.1) is 28.4 Å². The van der Waals surface area contributed by atoms with Crippen LogP contribution in [0.15, 0.2) is 23.1 Å². The summed E-state index contributed by atoms with van der Waals surface area (Å²) in [7, 11) is -2.67. The molecule has 0 fully saturated rings. The van der Waals surface area contributed by atoms with Crippen molar-refractivity contribution in [1.82, 2.24) is 4.31 Å². The third-order valence-electron chi connectivity index (χ3n) is 2.77. The number of nitro groups is 1. The van der Waals surface area contributed by atoms with E-state index in [2.05, 4.69) is 0 Å². The highest BCUT2D eigenvalue weighted by atomic mass is 32.2. The topological polar surface area (TPSA) is 104 Å². The molecular weight excluding hydrogens is 270 g/mol. The van der Waals surface area contributed by atoms with Gasteiger partial charge >= 0.3 is 0 Å². The number of nitrogens with zero attached hydrogens (tertiary/aromatic N) is 3. The van der Waals surface area contributed by atoms with E-state index in [1.807, 2.05) is 6.07 Å². The van der Waals surface area contributed by atoms with Gasteiger partial charge in [-0.3, -0.25) is 10.1 Å². The number of nitriles is 1. The first-order chi connectivity index (χ1) is 8.71. The number of non-ortho nitro benzene ring substituents is 1. The summed E-state index contributed by atoms with van der Waals surface area (Å²) in [5.41, 5.74) is 0.0878. The van der Waals surface area contributed by atoms with E-state index >= 15 is 0 Å². The van der Waals surface area contributed by atoms with Crippen molar-refractivity contribution in [2.45, 2.75) is 24.8 Å². The maximum atomic E-state index is 12.3. The van der Waals surface area contributed by atoms with E-state index < -0.39 is 21.0 Å². The lowest BCUT2D eigenvalue weighted by Crippen LogP contribution is -2.34. The van der Waals surface area contributed by atoms with Crippen LogP contribution < -0.4 is 0 Å². The standard InChI is InChI=1S/C11H13N3O4S/c1-8-4-5-10(14(15)16)6-11(8)19(17,18)13(3)9(2)7-12/h4-6,9H,1-3H3. The van der Waals surface area contributed by atoms with Gasteiger partial charge in [-0.25, -0.2) is 8.42 Å². The van der Waals surface area contributed by atoms with Crippen molar-refractivity contribution in [2.24, 2.45) is 0 Å². The van der Waals surface area contributed by atoms with E-state index in [-0.39, 0.29) is 10.6 Å². The van der Waals surface area contributed by atoms with Gasteiger partial charge in [-0.2, -0.15) is 9.57 Å². The van der Waals surface area contributed by atoms with Gasteiger partial charge in [-0.1, -0.05) is 6.07 Å². The molecule has 8 heteroatoms. The van der Waals surface area contributed by atoms with Crippen molar-refractivity contribution < 1.29 is 13.3 Å². The molecule has 0 aliphatic carbocycles. The van der Waals surface area contributed by atoms with Crippen molar-refractivity contribution in [3.63, 3.8) is 0 Å². The fraction of sp³-hybridized carbons (Fsp3) is 0.364. The monoisotopic (exact) mass is 283 g/mol. The minimum Gasteiger partial charge on any atom is -0.258 e. The predicted molar refractivity (Wildman–Crippen MR) is 67.9 cm³/mol. The summed E-state index contributed by atoms with van der Waals surface area (Å²) < 4.78 is 25.4. The van der Waals surface area contributed by atoms with Crippen LogP contribution in [-0.4, -0.2) is 30.7 Å². The molecule has 1 aromatic carbocycles. The normalized spacial score (nSPS) is 13.0. The Hall–Kier alpha value is -1.98. The van der Waals surface area contributed by atoms with Crippen LogP contribution in [0.2, 0.25) is 0 Å². The lowest BCUT2D eigenvalue weighted by atomic mass is 10.2. The van der Waals surface area contributed by atoms with Crippen LogP contribution in [0.1, 0.15) is 12.5 Å². The van der Waals surface area contributed by atoms with Crippen LogP contribution in [0.5, 0.6) is 0 Å². The number of benzene rings is 1. The van der Waals surface area contributed by atoms with Crippen molar-refractivity contribution in [1.29, 1.82) is 5.26 Å². The molecule has 19 heavy (non-hydrogen) atoms. The smallest absolute Gasteiger partial charge is 0.258 e. The highest BCUT2D eigenvalue weighted by Gasteiger charge is 2.28. The minimum atomic E-state index is -3.93. The second kappa shape index (κ2) is 5.34. The molecule has 0 aromatic heterocycles. The number of sulfonamides is 1. The first kappa shape index (κ1) is 15.1. The van der Waals surface area contributed by atoms with Gasteiger partial charge in [-0.15, -0.1) is 0 Å². The summed E-state index contributed by atoms with van der Waals surface area (Å²) >= 11 is 0. The summed E-state index contributed by atoms with van der Waals surface area (Å²) in [5.74, 6) is 0. The van der Waals surface area contributed by atoms with Gasteiger partial charge in [0.15, 0.2) is 0 Å². The Balaban J connectivity index is 3.41. The Morgan fingerprint density at radius 1 is 1.47 bits per heavy atom. The van der Waals surface area contributed by atoms with E-state index in [0.717, 1.165) is 10.4 Å². The molecule has 0 spiro atoms. The van der Waals surface area contributed by atoms with Crippen LogP contribution in [0.3, 0.4) is 0 Å². The van der Waals surface area contributed by atoms with Crippen molar-refractivity contribution in [2.75, 3.05) is 7.05 Å². The first-order valence-corrected chi connectivity index (χ1v) is 6.78. The van der Waals surface area contributed by atoms with Crippen molar-refractivity contribution in [3.8, 4) is 6.07 Å². The van der Waals surface area contributed by atoms with Gasteiger partial charge in [0.25, 0.3) is 5.69 Å². The number of aryl methyl sites for hydroxylation is 1. The number of hydrogen-bond acceptors (Lipinski definition) is 5. The maximum absolute atomic E-state index is 12.3. The highest BCUT2D eigenvalue weighted by molar-refractivity contribution is 7.89. The Bertz CT molecular complexity index is 648. The lowest BCUT2D eigenvalue weighted by Gasteiger charge is -2.20. The molecule has 0 heterocycles. The molecule has 0 N–H and O–H groups in total. The fourth-order valence-electron chi connectivity index (χ4n) is 1.42. The Morgan fingerprint density at radius 2 is 2.05 bits per heavy atom. The Kier molecular flexibility index (Phi) is 4.24. The molecule has 0 saturated heterocycles. The summed E-state index contributed by atoms with van der Waals surface area (Å²) in [4.78, 5) is 9.87. The fourth-order valence-corrected chi connectivity index (χ4v) is 2.94. The molecule has 1 unspecified atom stereocenters. The Morgan fingerprint density at radius 3 is 2.53 bits per heavy atom. The van der Waals surface area contributed by atoms with Gasteiger partial charge in [0.05, 0.1) is 15.9 Å². The molecule has 1 aromatic rings. The van der Waals surface area contributed by atoms with E-state index in [0.29, 0.717) is 5.56 Å². The van der Waals surface area contributed by atoms with Crippen LogP contribution >= 0.6 is 0 Å². The van der Waals surface area contributed by atoms with Gasteiger partial charge in [0, 0.05) is 19.2 Å². The first-order valence-electron chi connectivity index (χ1n) is 5.34. The number of rotatable bonds is 4. The van der Waals surface area contributed by atoms with E-state index in [9.17, 15) is 18.5 Å². The highest BCUT2D eigenvalue weighted by Crippen LogP contribution is 2.24. The zero-order valence-corrected chi connectivity index (χ0v) is 11.5. The molecule has 102 valence electrons. The molecule has 0 amide bonds. The summed E-state index contributed by atoms with van der Waals surface area (Å²) in [6.45, 7) is 2.98.